The molecule has 5 heteroatoms. The normalized spacial score (nSPS) is 17.6. The van der Waals surface area contributed by atoms with Crippen molar-refractivity contribution < 1.29 is 14.3 Å². The number of imide groups is 1. The molecule has 1 fully saturated rings. The highest BCUT2D eigenvalue weighted by Gasteiger charge is 2.36. The van der Waals surface area contributed by atoms with Crippen LogP contribution in [-0.4, -0.2) is 41.6 Å². The number of rotatable bonds is 6. The molecule has 19 heavy (non-hydrogen) atoms. The lowest BCUT2D eigenvalue weighted by molar-refractivity contribution is -0.122. The van der Waals surface area contributed by atoms with E-state index < -0.39 is 12.0 Å². The third kappa shape index (κ3) is 4.99. The minimum atomic E-state index is -0.579. The molecule has 0 aromatic heterocycles. The van der Waals surface area contributed by atoms with Gasteiger partial charge in [0.2, 0.25) is 0 Å². The van der Waals surface area contributed by atoms with E-state index in [4.69, 9.17) is 4.74 Å². The summed E-state index contributed by atoms with van der Waals surface area (Å²) in [6.07, 6.45) is 6.80. The lowest BCUT2D eigenvalue weighted by atomic mass is 10.2. The maximum atomic E-state index is 11.9. The van der Waals surface area contributed by atoms with Crippen molar-refractivity contribution in [1.29, 1.82) is 0 Å². The van der Waals surface area contributed by atoms with Crippen LogP contribution >= 0.6 is 11.8 Å². The number of thioether (sulfide) groups is 1. The topological polar surface area (TPSA) is 46.6 Å². The zero-order valence-electron chi connectivity index (χ0n) is 11.2. The molecular formula is C14H19NO3S. The molecule has 1 aliphatic rings. The summed E-state index contributed by atoms with van der Waals surface area (Å²) in [5.74, 6) is 5.56. The van der Waals surface area contributed by atoms with Crippen LogP contribution in [0.3, 0.4) is 0 Å². The summed E-state index contributed by atoms with van der Waals surface area (Å²) < 4.78 is 4.89. The molecule has 0 unspecified atom stereocenters. The van der Waals surface area contributed by atoms with Gasteiger partial charge in [-0.1, -0.05) is 12.0 Å². The lowest BCUT2D eigenvalue weighted by Gasteiger charge is -2.15. The summed E-state index contributed by atoms with van der Waals surface area (Å²) >= 11 is 1.58. The molecule has 0 saturated carbocycles. The summed E-state index contributed by atoms with van der Waals surface area (Å²) in [5.41, 5.74) is 0. The van der Waals surface area contributed by atoms with Crippen LogP contribution in [-0.2, 0) is 9.53 Å². The predicted molar refractivity (Wildman–Crippen MR) is 76.8 cm³/mol. The van der Waals surface area contributed by atoms with Gasteiger partial charge in [-0.25, -0.2) is 9.69 Å². The van der Waals surface area contributed by atoms with Crippen molar-refractivity contribution in [2.75, 3.05) is 18.6 Å². The van der Waals surface area contributed by atoms with Gasteiger partial charge in [0.25, 0.3) is 0 Å². The quantitative estimate of drug-likeness (QED) is 0.426. The SMILES string of the molecule is C=CCCCCC#CC(=O)N1C(=O)OC[C@@H]1CSC. The maximum absolute atomic E-state index is 11.9. The third-order valence-corrected chi connectivity index (χ3v) is 3.41. The van der Waals surface area contributed by atoms with E-state index in [9.17, 15) is 9.59 Å². The molecule has 0 radical (unpaired) electrons. The second-order valence-corrected chi connectivity index (χ2v) is 5.11. The molecule has 1 saturated heterocycles. The largest absolute Gasteiger partial charge is 0.447 e. The monoisotopic (exact) mass is 281 g/mol. The third-order valence-electron chi connectivity index (χ3n) is 2.69. The van der Waals surface area contributed by atoms with Crippen molar-refractivity contribution in [3.8, 4) is 11.8 Å². The number of nitrogens with zero attached hydrogens (tertiary/aromatic N) is 1. The minimum absolute atomic E-state index is 0.190. The molecule has 104 valence electrons. The fourth-order valence-corrected chi connectivity index (χ4v) is 2.35. The first kappa shape index (κ1) is 15.6. The Balaban J connectivity index is 2.44. The van der Waals surface area contributed by atoms with Crippen LogP contribution < -0.4 is 0 Å². The van der Waals surface area contributed by atoms with Crippen LogP contribution in [0.1, 0.15) is 25.7 Å². The second kappa shape index (κ2) is 8.65. The summed E-state index contributed by atoms with van der Waals surface area (Å²) in [7, 11) is 0. The van der Waals surface area contributed by atoms with Gasteiger partial charge in [-0.05, 0) is 31.4 Å². The van der Waals surface area contributed by atoms with Crippen LogP contribution in [0.2, 0.25) is 0 Å². The van der Waals surface area contributed by atoms with Crippen LogP contribution in [0.4, 0.5) is 4.79 Å². The predicted octanol–water partition coefficient (Wildman–Crippen LogP) is 2.45. The Bertz CT molecular complexity index is 397. The zero-order valence-corrected chi connectivity index (χ0v) is 12.0. The lowest BCUT2D eigenvalue weighted by Crippen LogP contribution is -2.39. The average molecular weight is 281 g/mol. The van der Waals surface area contributed by atoms with Gasteiger partial charge in [0.05, 0.1) is 6.04 Å². The van der Waals surface area contributed by atoms with Gasteiger partial charge < -0.3 is 4.74 Å². The number of hydrogen-bond acceptors (Lipinski definition) is 4. The summed E-state index contributed by atoms with van der Waals surface area (Å²) in [5, 5.41) is 0. The first-order chi connectivity index (χ1) is 9.20. The molecule has 0 aliphatic carbocycles. The van der Waals surface area contributed by atoms with E-state index in [1.54, 1.807) is 11.8 Å². The second-order valence-electron chi connectivity index (χ2n) is 4.20. The van der Waals surface area contributed by atoms with Gasteiger partial charge in [0, 0.05) is 12.2 Å². The molecule has 0 aromatic rings. The highest BCUT2D eigenvalue weighted by atomic mass is 32.2. The Labute approximate surface area is 118 Å². The van der Waals surface area contributed by atoms with E-state index in [-0.39, 0.29) is 12.6 Å². The zero-order chi connectivity index (χ0) is 14.1. The van der Waals surface area contributed by atoms with Crippen molar-refractivity contribution in [3.63, 3.8) is 0 Å². The molecule has 1 rings (SSSR count). The number of allylic oxidation sites excluding steroid dienone is 1. The molecule has 4 nitrogen and oxygen atoms in total. The Morgan fingerprint density at radius 3 is 3.11 bits per heavy atom. The Morgan fingerprint density at radius 2 is 2.42 bits per heavy atom. The molecule has 1 atom stereocenters. The smallest absolute Gasteiger partial charge is 0.417 e. The Kier molecular flexibility index (Phi) is 7.12. The standard InChI is InChI=1S/C14H19NO3S/c1-3-4-5-6-7-8-9-13(16)15-12(11-19-2)10-18-14(15)17/h3,12H,1,4-7,10-11H2,2H3/t12-/m1/s1. The molecule has 0 N–H and O–H groups in total. The van der Waals surface area contributed by atoms with E-state index in [1.165, 1.54) is 0 Å². The van der Waals surface area contributed by atoms with E-state index in [0.29, 0.717) is 12.2 Å². The van der Waals surface area contributed by atoms with Crippen molar-refractivity contribution >= 4 is 23.8 Å². The van der Waals surface area contributed by atoms with Gasteiger partial charge >= 0.3 is 12.0 Å². The fourth-order valence-electron chi connectivity index (χ4n) is 1.72. The van der Waals surface area contributed by atoms with Crippen molar-refractivity contribution in [2.45, 2.75) is 31.7 Å². The molecular weight excluding hydrogens is 262 g/mol. The number of cyclic esters (lactones) is 1. The first-order valence-electron chi connectivity index (χ1n) is 6.29. The van der Waals surface area contributed by atoms with Crippen LogP contribution in [0, 0.1) is 11.8 Å². The van der Waals surface area contributed by atoms with Crippen LogP contribution in [0.25, 0.3) is 0 Å². The van der Waals surface area contributed by atoms with E-state index >= 15 is 0 Å². The molecule has 1 aliphatic heterocycles. The van der Waals surface area contributed by atoms with Gasteiger partial charge in [0.1, 0.15) is 6.61 Å². The maximum Gasteiger partial charge on any atom is 0.417 e. The number of ether oxygens (including phenoxy) is 1. The van der Waals surface area contributed by atoms with E-state index in [0.717, 1.165) is 24.2 Å². The fraction of sp³-hybridized carbons (Fsp3) is 0.571. The van der Waals surface area contributed by atoms with Crippen LogP contribution in [0.5, 0.6) is 0 Å². The highest BCUT2D eigenvalue weighted by molar-refractivity contribution is 7.98. The van der Waals surface area contributed by atoms with E-state index in [1.807, 2.05) is 12.3 Å². The van der Waals surface area contributed by atoms with E-state index in [2.05, 4.69) is 18.4 Å². The van der Waals surface area contributed by atoms with Gasteiger partial charge in [-0.2, -0.15) is 11.8 Å². The number of amides is 2. The minimum Gasteiger partial charge on any atom is -0.447 e. The molecule has 2 amide bonds. The van der Waals surface area contributed by atoms with Crippen molar-refractivity contribution in [3.05, 3.63) is 12.7 Å². The number of carbonyl (C=O) groups is 2. The van der Waals surface area contributed by atoms with Gasteiger partial charge in [0.15, 0.2) is 0 Å². The Morgan fingerprint density at radius 1 is 1.63 bits per heavy atom. The average Bonchev–Trinajstić information content (AvgIpc) is 2.75. The van der Waals surface area contributed by atoms with Crippen molar-refractivity contribution in [2.24, 2.45) is 0 Å². The summed E-state index contributed by atoms with van der Waals surface area (Å²) in [6, 6.07) is -0.190. The summed E-state index contributed by atoms with van der Waals surface area (Å²) in [6.45, 7) is 3.91. The highest BCUT2D eigenvalue weighted by Crippen LogP contribution is 2.15. The van der Waals surface area contributed by atoms with Gasteiger partial charge in [-0.3, -0.25) is 4.79 Å². The number of carbonyl (C=O) groups excluding carboxylic acids is 2. The molecule has 0 spiro atoms. The summed E-state index contributed by atoms with van der Waals surface area (Å²) in [4.78, 5) is 24.5. The van der Waals surface area contributed by atoms with Crippen molar-refractivity contribution in [1.82, 2.24) is 4.90 Å². The number of hydrogen-bond donors (Lipinski definition) is 0. The molecule has 0 bridgehead atoms. The molecule has 1 heterocycles. The Hall–Kier alpha value is -1.41. The first-order valence-corrected chi connectivity index (χ1v) is 7.68. The van der Waals surface area contributed by atoms with Crippen LogP contribution in [0.15, 0.2) is 12.7 Å². The number of unbranched alkanes of at least 4 members (excludes halogenated alkanes) is 3. The molecule has 0 aromatic carbocycles. The van der Waals surface area contributed by atoms with Gasteiger partial charge in [-0.15, -0.1) is 6.58 Å².